The molecule has 2 heterocycles. The van der Waals surface area contributed by atoms with E-state index in [1.807, 2.05) is 24.3 Å². The lowest BCUT2D eigenvalue weighted by molar-refractivity contribution is 0.195. The molecule has 0 aromatic heterocycles. The number of nitrogens with zero attached hydrogens (tertiary/aromatic N) is 4. The van der Waals surface area contributed by atoms with Crippen LogP contribution < -0.4 is 9.80 Å². The molecule has 2 saturated carbocycles. The van der Waals surface area contributed by atoms with Gasteiger partial charge in [-0.1, -0.05) is 88.1 Å². The van der Waals surface area contributed by atoms with Crippen molar-refractivity contribution in [3.05, 3.63) is 161 Å². The zero-order valence-electron chi connectivity index (χ0n) is 34.7. The lowest BCUT2D eigenvalue weighted by atomic mass is 9.61. The highest BCUT2D eigenvalue weighted by atomic mass is 15.3. The number of benzene rings is 6. The summed E-state index contributed by atoms with van der Waals surface area (Å²) < 4.78 is 0. The molecule has 11 rings (SSSR count). The molecular weight excluding hydrogens is 717 g/mol. The fraction of sp³-hybridized carbons (Fsp3) is 0.309. The van der Waals surface area contributed by atoms with E-state index in [1.54, 1.807) is 0 Å². The molecule has 4 unspecified atom stereocenters. The smallest absolute Gasteiger partial charge is 0.187 e. The van der Waals surface area contributed by atoms with Crippen LogP contribution in [-0.2, 0) is 17.3 Å². The Kier molecular flexibility index (Phi) is 7.75. The van der Waals surface area contributed by atoms with E-state index in [1.165, 1.54) is 117 Å². The van der Waals surface area contributed by atoms with E-state index >= 15 is 0 Å². The third kappa shape index (κ3) is 4.93. The van der Waals surface area contributed by atoms with Crippen LogP contribution in [0.5, 0.6) is 0 Å². The Morgan fingerprint density at radius 2 is 0.949 bits per heavy atom. The summed E-state index contributed by atoms with van der Waals surface area (Å²) in [5.41, 5.74) is 19.8. The molecule has 6 aromatic carbocycles. The van der Waals surface area contributed by atoms with Gasteiger partial charge in [0.1, 0.15) is 0 Å². The number of anilines is 4. The Bertz CT molecular complexity index is 2610. The van der Waals surface area contributed by atoms with Gasteiger partial charge in [0.2, 0.25) is 0 Å². The van der Waals surface area contributed by atoms with Crippen molar-refractivity contribution >= 4 is 28.4 Å². The van der Waals surface area contributed by atoms with Crippen LogP contribution in [0.1, 0.15) is 107 Å². The molecule has 6 aromatic rings. The van der Waals surface area contributed by atoms with Crippen LogP contribution in [0.3, 0.4) is 0 Å². The number of nitriles is 1. The topological polar surface area (TPSA) is 34.6 Å². The number of hydrogen-bond donors (Lipinski definition) is 0. The summed E-state index contributed by atoms with van der Waals surface area (Å²) in [6, 6.07) is 47.5. The Balaban J connectivity index is 0.964. The molecule has 3 aliphatic carbocycles. The molecule has 4 nitrogen and oxygen atoms in total. The number of hydrogen-bond acceptors (Lipinski definition) is 3. The Morgan fingerprint density at radius 1 is 0.525 bits per heavy atom. The van der Waals surface area contributed by atoms with E-state index in [9.17, 15) is 5.26 Å². The maximum absolute atomic E-state index is 9.51. The van der Waals surface area contributed by atoms with E-state index in [0.29, 0.717) is 11.3 Å². The quantitative estimate of drug-likeness (QED) is 0.167. The highest BCUT2D eigenvalue weighted by molar-refractivity contribution is 5.88. The summed E-state index contributed by atoms with van der Waals surface area (Å²) in [4.78, 5) is 8.85. The first kappa shape index (κ1) is 36.0. The van der Waals surface area contributed by atoms with E-state index in [2.05, 4.69) is 145 Å². The second-order valence-corrected chi connectivity index (χ2v) is 19.0. The minimum atomic E-state index is -0.0406. The van der Waals surface area contributed by atoms with Crippen LogP contribution in [0.4, 0.5) is 28.4 Å². The normalized spacial score (nSPS) is 25.9. The van der Waals surface area contributed by atoms with E-state index < -0.39 is 0 Å². The van der Waals surface area contributed by atoms with Crippen molar-refractivity contribution in [2.24, 2.45) is 0 Å². The molecule has 5 aliphatic rings. The van der Waals surface area contributed by atoms with Crippen molar-refractivity contribution in [1.82, 2.24) is 0 Å². The molecule has 2 aliphatic heterocycles. The second kappa shape index (κ2) is 12.7. The van der Waals surface area contributed by atoms with Gasteiger partial charge in [0.15, 0.2) is 5.69 Å². The monoisotopic (exact) mass is 766 g/mol. The maximum Gasteiger partial charge on any atom is 0.187 e. The van der Waals surface area contributed by atoms with Crippen molar-refractivity contribution in [3.8, 4) is 39.4 Å². The van der Waals surface area contributed by atoms with Crippen molar-refractivity contribution in [3.63, 3.8) is 0 Å². The average molecular weight is 767 g/mol. The Hall–Kier alpha value is -6.10. The number of fused-ring (bicyclic) bond motifs is 9. The third-order valence-electron chi connectivity index (χ3n) is 16.3. The zero-order chi connectivity index (χ0) is 40.3. The molecular formula is C55H50N4. The third-order valence-corrected chi connectivity index (χ3v) is 16.3. The van der Waals surface area contributed by atoms with Crippen molar-refractivity contribution < 1.29 is 0 Å². The molecule has 0 amide bonds. The van der Waals surface area contributed by atoms with Gasteiger partial charge >= 0.3 is 0 Å². The molecule has 59 heavy (non-hydrogen) atoms. The molecule has 0 saturated heterocycles. The van der Waals surface area contributed by atoms with Crippen LogP contribution in [0.25, 0.3) is 38.2 Å². The van der Waals surface area contributed by atoms with Gasteiger partial charge in [-0.2, -0.15) is 5.26 Å². The van der Waals surface area contributed by atoms with Crippen molar-refractivity contribution in [2.75, 3.05) is 9.80 Å². The summed E-state index contributed by atoms with van der Waals surface area (Å²) in [7, 11) is 0. The van der Waals surface area contributed by atoms with E-state index in [-0.39, 0.29) is 21.9 Å². The van der Waals surface area contributed by atoms with Crippen LogP contribution >= 0.6 is 0 Å². The minimum absolute atomic E-state index is 0.0186. The molecule has 0 N–H and O–H groups in total. The molecule has 4 atom stereocenters. The Morgan fingerprint density at radius 3 is 1.41 bits per heavy atom. The van der Waals surface area contributed by atoms with Crippen molar-refractivity contribution in [1.29, 1.82) is 5.26 Å². The Labute approximate surface area is 349 Å². The van der Waals surface area contributed by atoms with Crippen LogP contribution in [-0.4, -0.2) is 11.1 Å². The molecule has 0 bridgehead atoms. The summed E-state index contributed by atoms with van der Waals surface area (Å²) in [5.74, 6) is 0. The molecule has 290 valence electrons. The van der Waals surface area contributed by atoms with Crippen molar-refractivity contribution in [2.45, 2.75) is 107 Å². The van der Waals surface area contributed by atoms with Gasteiger partial charge in [0.05, 0.1) is 29.3 Å². The van der Waals surface area contributed by atoms with Crippen LogP contribution in [0.2, 0.25) is 0 Å². The second-order valence-electron chi connectivity index (χ2n) is 19.0. The van der Waals surface area contributed by atoms with Gasteiger partial charge in [0.25, 0.3) is 0 Å². The average Bonchev–Trinajstić information content (AvgIpc) is 3.81. The highest BCUT2D eigenvalue weighted by Crippen LogP contribution is 2.63. The first-order valence-electron chi connectivity index (χ1n) is 21.7. The minimum Gasteiger partial charge on any atom is -0.335 e. The molecule has 2 fully saturated rings. The summed E-state index contributed by atoms with van der Waals surface area (Å²) in [6.45, 7) is 17.4. The van der Waals surface area contributed by atoms with Gasteiger partial charge in [0, 0.05) is 33.6 Å². The van der Waals surface area contributed by atoms with Gasteiger partial charge < -0.3 is 9.80 Å². The summed E-state index contributed by atoms with van der Waals surface area (Å²) in [6.07, 6.45) is 10.6. The summed E-state index contributed by atoms with van der Waals surface area (Å²) >= 11 is 0. The SMILES string of the molecule is [C-]#[N+]c1ccc(N2c3ccc(-c4ccc5c(c4)-c4cc(-c6ccc7c(c6)C6(C)CCCCC6(C)N7c6ccc(C#N)cc6)ccc4C5)cc3C3(C)CCCCC23C)cc1. The molecule has 0 radical (unpaired) electrons. The molecule has 0 spiro atoms. The predicted octanol–water partition coefficient (Wildman–Crippen LogP) is 14.5. The fourth-order valence-electron chi connectivity index (χ4n) is 12.5. The predicted molar refractivity (Wildman–Crippen MR) is 242 cm³/mol. The van der Waals surface area contributed by atoms with Gasteiger partial charge in [-0.3, -0.25) is 0 Å². The lowest BCUT2D eigenvalue weighted by Gasteiger charge is -2.50. The first-order valence-corrected chi connectivity index (χ1v) is 21.7. The van der Waals surface area contributed by atoms with Crippen LogP contribution in [0, 0.1) is 17.9 Å². The zero-order valence-corrected chi connectivity index (χ0v) is 34.7. The largest absolute Gasteiger partial charge is 0.335 e. The van der Waals surface area contributed by atoms with Gasteiger partial charge in [-0.25, -0.2) is 4.85 Å². The fourth-order valence-corrected chi connectivity index (χ4v) is 12.5. The lowest BCUT2D eigenvalue weighted by Crippen LogP contribution is -2.54. The highest BCUT2D eigenvalue weighted by Gasteiger charge is 2.59. The molecule has 4 heteroatoms. The van der Waals surface area contributed by atoms with Crippen LogP contribution in [0.15, 0.2) is 121 Å². The maximum atomic E-state index is 9.51. The van der Waals surface area contributed by atoms with Gasteiger partial charge in [-0.05, 0) is 174 Å². The first-order chi connectivity index (χ1) is 28.6. The number of rotatable bonds is 4. The summed E-state index contributed by atoms with van der Waals surface area (Å²) in [5, 5.41) is 9.51. The standard InChI is InChI=1S/C55H50N4/c1-52-26-6-8-28-54(52,3)58(44-20-10-36(35-56)11-21-44)50-24-16-39(33-48(50)52)37-12-14-41-30-42-15-13-38(32-47(42)46(41)31-37)40-17-25-51-49(34-40)53(2)27-7-9-29-55(53,4)59(51)45-22-18-43(57-5)19-23-45/h10-25,31-34H,6-9,26-30H2,1-4H3. The van der Waals surface area contributed by atoms with Gasteiger partial charge in [-0.15, -0.1) is 0 Å². The van der Waals surface area contributed by atoms with E-state index in [4.69, 9.17) is 6.57 Å². The van der Waals surface area contributed by atoms with E-state index in [0.717, 1.165) is 19.3 Å².